The molecule has 4 heterocycles. The summed E-state index contributed by atoms with van der Waals surface area (Å²) in [4.78, 5) is 23.1. The molecule has 1 saturated heterocycles. The lowest BCUT2D eigenvalue weighted by atomic mass is 9.87. The number of primary amides is 1. The van der Waals surface area contributed by atoms with E-state index in [1.54, 1.807) is 29.5 Å². The summed E-state index contributed by atoms with van der Waals surface area (Å²) in [6.45, 7) is 1.78. The van der Waals surface area contributed by atoms with Gasteiger partial charge in [0.05, 0.1) is 24.2 Å². The van der Waals surface area contributed by atoms with Crippen LogP contribution in [-0.2, 0) is 0 Å². The van der Waals surface area contributed by atoms with Gasteiger partial charge in [0.25, 0.3) is 5.91 Å². The van der Waals surface area contributed by atoms with Crippen molar-refractivity contribution in [2.75, 3.05) is 13.1 Å². The smallest absolute Gasteiger partial charge is 0.269 e. The molecule has 0 spiro atoms. The lowest BCUT2D eigenvalue weighted by molar-refractivity contribution is 0.0505. The van der Waals surface area contributed by atoms with Gasteiger partial charge in [0.15, 0.2) is 5.69 Å². The Bertz CT molecular complexity index is 1080. The fourth-order valence-corrected chi connectivity index (χ4v) is 4.60. The first kappa shape index (κ1) is 17.8. The molecule has 148 valence electrons. The monoisotopic (exact) mass is 390 g/mol. The molecular weight excluding hydrogens is 368 g/mol. The van der Waals surface area contributed by atoms with E-state index in [-0.39, 0.29) is 17.7 Å². The van der Waals surface area contributed by atoms with Gasteiger partial charge in [-0.15, -0.1) is 0 Å². The topological polar surface area (TPSA) is 119 Å². The average Bonchev–Trinajstić information content (AvgIpc) is 3.37. The van der Waals surface area contributed by atoms with Crippen molar-refractivity contribution in [1.29, 1.82) is 5.26 Å². The Morgan fingerprint density at radius 3 is 2.62 bits per heavy atom. The van der Waals surface area contributed by atoms with E-state index in [4.69, 9.17) is 11.0 Å². The molecule has 0 bridgehead atoms. The van der Waals surface area contributed by atoms with Crippen LogP contribution in [0.15, 0.2) is 31.0 Å². The highest BCUT2D eigenvalue weighted by molar-refractivity contribution is 6.03. The second-order valence-corrected chi connectivity index (χ2v) is 7.93. The normalized spacial score (nSPS) is 23.0. The van der Waals surface area contributed by atoms with Gasteiger partial charge in [-0.05, 0) is 31.7 Å². The number of carbonyl (C=O) groups is 1. The molecule has 1 amide bonds. The maximum Gasteiger partial charge on any atom is 0.269 e. The van der Waals surface area contributed by atoms with E-state index in [0.29, 0.717) is 17.4 Å². The standard InChI is InChI=1S/C20H22N8O/c21-8-13-10-27(11-13)15-1-3-16(4-2-15)28-19-14(9-24-28)7-17(25-18(19)20(22)29)26-6-5-23-12-26/h5-7,9,12-13,15-16H,1-4,10-11H2,(H2,22,29). The molecule has 5 rings (SSSR count). The molecule has 2 fully saturated rings. The van der Waals surface area contributed by atoms with Gasteiger partial charge in [0, 0.05) is 36.9 Å². The molecule has 3 aromatic heterocycles. The molecule has 29 heavy (non-hydrogen) atoms. The van der Waals surface area contributed by atoms with Gasteiger partial charge in [-0.1, -0.05) is 0 Å². The quantitative estimate of drug-likeness (QED) is 0.724. The Morgan fingerprint density at radius 2 is 1.97 bits per heavy atom. The molecule has 2 N–H and O–H groups in total. The number of rotatable bonds is 4. The maximum absolute atomic E-state index is 12.2. The summed E-state index contributed by atoms with van der Waals surface area (Å²) in [5.74, 6) is 0.226. The SMILES string of the molecule is N#CC1CN(C2CCC(n3ncc4cc(-n5ccnc5)nc(C(N)=O)c43)CC2)C1. The number of nitrogens with two attached hydrogens (primary N) is 1. The zero-order chi connectivity index (χ0) is 20.0. The van der Waals surface area contributed by atoms with Crippen molar-refractivity contribution >= 4 is 16.8 Å². The number of nitrogens with zero attached hydrogens (tertiary/aromatic N) is 7. The van der Waals surface area contributed by atoms with Crippen molar-refractivity contribution in [3.63, 3.8) is 0 Å². The number of pyridine rings is 1. The van der Waals surface area contributed by atoms with E-state index >= 15 is 0 Å². The first-order valence-corrected chi connectivity index (χ1v) is 9.94. The number of imidazole rings is 1. The molecular formula is C20H22N8O. The Morgan fingerprint density at radius 1 is 1.21 bits per heavy atom. The number of hydrogen-bond acceptors (Lipinski definition) is 6. The van der Waals surface area contributed by atoms with E-state index in [2.05, 4.69) is 26.0 Å². The third kappa shape index (κ3) is 3.06. The highest BCUT2D eigenvalue weighted by Gasteiger charge is 2.35. The summed E-state index contributed by atoms with van der Waals surface area (Å²) in [6.07, 6.45) is 11.0. The molecule has 1 aliphatic carbocycles. The van der Waals surface area contributed by atoms with Crippen molar-refractivity contribution in [1.82, 2.24) is 29.2 Å². The van der Waals surface area contributed by atoms with Crippen LogP contribution in [0.1, 0.15) is 42.2 Å². The van der Waals surface area contributed by atoms with Gasteiger partial charge in [-0.3, -0.25) is 18.9 Å². The predicted octanol–water partition coefficient (Wildman–Crippen LogP) is 1.65. The Labute approximate surface area is 167 Å². The Balaban J connectivity index is 1.41. The second kappa shape index (κ2) is 6.97. The molecule has 9 heteroatoms. The zero-order valence-corrected chi connectivity index (χ0v) is 16.0. The third-order valence-corrected chi connectivity index (χ3v) is 6.18. The Kier molecular flexibility index (Phi) is 4.28. The van der Waals surface area contributed by atoms with Crippen LogP contribution < -0.4 is 5.73 Å². The van der Waals surface area contributed by atoms with Crippen LogP contribution in [0.3, 0.4) is 0 Å². The summed E-state index contributed by atoms with van der Waals surface area (Å²) in [5.41, 5.74) is 6.62. The molecule has 0 atom stereocenters. The number of fused-ring (bicyclic) bond motifs is 1. The Hall–Kier alpha value is -3.25. The lowest BCUT2D eigenvalue weighted by Crippen LogP contribution is -2.52. The summed E-state index contributed by atoms with van der Waals surface area (Å²) < 4.78 is 3.68. The van der Waals surface area contributed by atoms with Crippen molar-refractivity contribution in [2.45, 2.75) is 37.8 Å². The summed E-state index contributed by atoms with van der Waals surface area (Å²) in [5, 5.41) is 14.4. The van der Waals surface area contributed by atoms with Gasteiger partial charge in [-0.25, -0.2) is 9.97 Å². The van der Waals surface area contributed by atoms with Crippen LogP contribution in [0, 0.1) is 17.2 Å². The van der Waals surface area contributed by atoms with Gasteiger partial charge >= 0.3 is 0 Å². The van der Waals surface area contributed by atoms with E-state index in [9.17, 15) is 4.79 Å². The van der Waals surface area contributed by atoms with E-state index in [1.165, 1.54) is 0 Å². The molecule has 0 unspecified atom stereocenters. The summed E-state index contributed by atoms with van der Waals surface area (Å²) >= 11 is 0. The minimum atomic E-state index is -0.560. The van der Waals surface area contributed by atoms with Crippen LogP contribution in [0.2, 0.25) is 0 Å². The van der Waals surface area contributed by atoms with Gasteiger partial charge in [-0.2, -0.15) is 10.4 Å². The van der Waals surface area contributed by atoms with Crippen molar-refractivity contribution in [3.05, 3.63) is 36.7 Å². The average molecular weight is 390 g/mol. The highest BCUT2D eigenvalue weighted by Crippen LogP contribution is 2.35. The molecule has 9 nitrogen and oxygen atoms in total. The number of nitriles is 1. The number of carbonyl (C=O) groups excluding carboxylic acids is 1. The molecule has 2 aliphatic rings. The van der Waals surface area contributed by atoms with Gasteiger partial charge in [0.2, 0.25) is 0 Å². The predicted molar refractivity (Wildman–Crippen MR) is 105 cm³/mol. The second-order valence-electron chi connectivity index (χ2n) is 7.93. The van der Waals surface area contributed by atoms with Crippen molar-refractivity contribution < 1.29 is 4.79 Å². The van der Waals surface area contributed by atoms with Gasteiger partial charge in [0.1, 0.15) is 17.7 Å². The number of likely N-dealkylation sites (tertiary alicyclic amines) is 1. The molecule has 3 aromatic rings. The lowest BCUT2D eigenvalue weighted by Gasteiger charge is -2.44. The zero-order valence-electron chi connectivity index (χ0n) is 16.0. The van der Waals surface area contributed by atoms with Gasteiger partial charge < -0.3 is 5.73 Å². The van der Waals surface area contributed by atoms with Crippen molar-refractivity contribution in [2.24, 2.45) is 11.7 Å². The first-order chi connectivity index (χ1) is 14.1. The van der Waals surface area contributed by atoms with E-state index in [0.717, 1.165) is 44.2 Å². The highest BCUT2D eigenvalue weighted by atomic mass is 16.1. The number of amides is 1. The summed E-state index contributed by atoms with van der Waals surface area (Å²) in [6, 6.07) is 5.00. The third-order valence-electron chi connectivity index (χ3n) is 6.18. The number of hydrogen-bond donors (Lipinski definition) is 1. The largest absolute Gasteiger partial charge is 0.364 e. The first-order valence-electron chi connectivity index (χ1n) is 9.94. The molecule has 1 aliphatic heterocycles. The maximum atomic E-state index is 12.2. The minimum Gasteiger partial charge on any atom is -0.364 e. The van der Waals surface area contributed by atoms with Crippen LogP contribution in [0.4, 0.5) is 0 Å². The molecule has 0 radical (unpaired) electrons. The van der Waals surface area contributed by atoms with Crippen LogP contribution >= 0.6 is 0 Å². The van der Waals surface area contributed by atoms with Crippen LogP contribution in [0.5, 0.6) is 0 Å². The fraction of sp³-hybridized carbons (Fsp3) is 0.450. The van der Waals surface area contributed by atoms with E-state index < -0.39 is 5.91 Å². The molecule has 1 saturated carbocycles. The fourth-order valence-electron chi connectivity index (χ4n) is 4.60. The minimum absolute atomic E-state index is 0.191. The van der Waals surface area contributed by atoms with Crippen LogP contribution in [0.25, 0.3) is 16.7 Å². The molecule has 0 aromatic carbocycles. The summed E-state index contributed by atoms with van der Waals surface area (Å²) in [7, 11) is 0. The van der Waals surface area contributed by atoms with Crippen LogP contribution in [-0.4, -0.2) is 54.3 Å². The number of aromatic nitrogens is 5. The van der Waals surface area contributed by atoms with Crippen molar-refractivity contribution in [3.8, 4) is 11.9 Å². The van der Waals surface area contributed by atoms with E-state index in [1.807, 2.05) is 10.7 Å².